The van der Waals surface area contributed by atoms with E-state index in [9.17, 15) is 4.79 Å². The zero-order valence-corrected chi connectivity index (χ0v) is 30.8. The smallest absolute Gasteiger partial charge is 0.278 e. The highest BCUT2D eigenvalue weighted by molar-refractivity contribution is 7.44. The van der Waals surface area contributed by atoms with Gasteiger partial charge in [0, 0.05) is 18.6 Å². The molecule has 0 amide bonds. The van der Waals surface area contributed by atoms with E-state index in [2.05, 4.69) is 48.4 Å². The SMILES string of the molecule is COc1ccc(C(OCc2nc3c(=O)[nH]cnc3n2CCOP(OCCC#N)N(C(C)C)C(C)C)(c2ccccc2)c2ccc(OC)cc2)cc1. The van der Waals surface area contributed by atoms with Gasteiger partial charge in [-0.15, -0.1) is 0 Å². The van der Waals surface area contributed by atoms with E-state index in [4.69, 9.17) is 33.5 Å². The number of ether oxygens (including phenoxy) is 3. The van der Waals surface area contributed by atoms with Crippen LogP contribution in [-0.2, 0) is 32.5 Å². The lowest BCUT2D eigenvalue weighted by Gasteiger charge is -2.36. The predicted octanol–water partition coefficient (Wildman–Crippen LogP) is 6.94. The summed E-state index contributed by atoms with van der Waals surface area (Å²) in [6.45, 7) is 9.19. The number of methoxy groups -OCH3 is 2. The first-order valence-electron chi connectivity index (χ1n) is 16.9. The summed E-state index contributed by atoms with van der Waals surface area (Å²) in [5, 5.41) is 9.12. The van der Waals surface area contributed by atoms with Gasteiger partial charge in [0.1, 0.15) is 29.5 Å². The molecule has 268 valence electrons. The molecule has 13 heteroatoms. The molecular formula is C38H45N6O6P. The van der Waals surface area contributed by atoms with Gasteiger partial charge in [-0.2, -0.15) is 5.26 Å². The second-order valence-electron chi connectivity index (χ2n) is 12.3. The molecule has 0 spiro atoms. The number of nitriles is 1. The number of benzene rings is 3. The van der Waals surface area contributed by atoms with Gasteiger partial charge >= 0.3 is 0 Å². The largest absolute Gasteiger partial charge is 0.497 e. The zero-order valence-electron chi connectivity index (χ0n) is 29.9. The predicted molar refractivity (Wildman–Crippen MR) is 196 cm³/mol. The summed E-state index contributed by atoms with van der Waals surface area (Å²) < 4.78 is 34.6. The third-order valence-corrected chi connectivity index (χ3v) is 10.5. The molecule has 0 bridgehead atoms. The summed E-state index contributed by atoms with van der Waals surface area (Å²) in [4.78, 5) is 24.9. The van der Waals surface area contributed by atoms with Gasteiger partial charge in [0.2, 0.25) is 0 Å². The summed E-state index contributed by atoms with van der Waals surface area (Å²) in [6, 6.07) is 28.0. The van der Waals surface area contributed by atoms with Gasteiger partial charge < -0.3 is 32.8 Å². The Morgan fingerprint density at radius 2 is 1.43 bits per heavy atom. The number of aromatic nitrogens is 4. The lowest BCUT2D eigenvalue weighted by molar-refractivity contribution is -0.00456. The van der Waals surface area contributed by atoms with Crippen LogP contribution in [0.2, 0.25) is 0 Å². The molecule has 0 saturated heterocycles. The van der Waals surface area contributed by atoms with Crippen LogP contribution in [0.15, 0.2) is 90.0 Å². The molecule has 51 heavy (non-hydrogen) atoms. The first-order chi connectivity index (χ1) is 24.7. The molecule has 0 fully saturated rings. The zero-order chi connectivity index (χ0) is 36.4. The molecule has 0 aliphatic rings. The first kappa shape index (κ1) is 37.6. The van der Waals surface area contributed by atoms with Crippen molar-refractivity contribution in [3.05, 3.63) is 118 Å². The first-order valence-corrected chi connectivity index (χ1v) is 18.0. The maximum atomic E-state index is 13.0. The van der Waals surface area contributed by atoms with Crippen molar-refractivity contribution in [2.45, 2.75) is 65.0 Å². The van der Waals surface area contributed by atoms with Gasteiger partial charge in [0.05, 0.1) is 46.3 Å². The highest BCUT2D eigenvalue weighted by Gasteiger charge is 2.38. The van der Waals surface area contributed by atoms with Crippen LogP contribution in [0.5, 0.6) is 11.5 Å². The molecular weight excluding hydrogens is 667 g/mol. The molecule has 0 aliphatic carbocycles. The molecule has 5 rings (SSSR count). The average molecular weight is 713 g/mol. The number of rotatable bonds is 18. The lowest BCUT2D eigenvalue weighted by atomic mass is 9.80. The average Bonchev–Trinajstić information content (AvgIpc) is 3.50. The molecule has 3 aromatic carbocycles. The van der Waals surface area contributed by atoms with Crippen molar-refractivity contribution >= 4 is 19.7 Å². The van der Waals surface area contributed by atoms with E-state index < -0.39 is 14.1 Å². The number of fused-ring (bicyclic) bond motifs is 1. The van der Waals surface area contributed by atoms with Gasteiger partial charge in [-0.25, -0.2) is 14.6 Å². The highest BCUT2D eigenvalue weighted by Crippen LogP contribution is 2.46. The molecule has 12 nitrogen and oxygen atoms in total. The standard InChI is InChI=1S/C38H45N6O6P/c1-27(2)44(28(3)4)51(49-23-10-21-39)50-24-22-43-34(42-35-36(43)40-26-41-37(35)45)25-48-38(29-11-8-7-9-12-29,30-13-17-32(46-5)18-14-30)31-15-19-33(47-6)20-16-31/h7-9,11-20,26-28H,10,22-25H2,1-6H3,(H,40,41,45). The van der Waals surface area contributed by atoms with Crippen LogP contribution >= 0.6 is 8.53 Å². The fourth-order valence-corrected chi connectivity index (χ4v) is 7.69. The van der Waals surface area contributed by atoms with Crippen LogP contribution < -0.4 is 15.0 Å². The van der Waals surface area contributed by atoms with E-state index in [-0.39, 0.29) is 49.4 Å². The van der Waals surface area contributed by atoms with E-state index in [1.54, 1.807) is 14.2 Å². The summed E-state index contributed by atoms with van der Waals surface area (Å²) in [5.41, 5.74) is 1.79. The number of H-pyrrole nitrogens is 1. The highest BCUT2D eigenvalue weighted by atomic mass is 31.2. The molecule has 1 N–H and O–H groups in total. The Hall–Kier alpha value is -4.63. The minimum absolute atomic E-state index is 0.0142. The van der Waals surface area contributed by atoms with Crippen LogP contribution in [0.3, 0.4) is 0 Å². The second kappa shape index (κ2) is 17.5. The molecule has 0 aliphatic heterocycles. The van der Waals surface area contributed by atoms with Crippen molar-refractivity contribution in [2.24, 2.45) is 0 Å². The summed E-state index contributed by atoms with van der Waals surface area (Å²) in [5.74, 6) is 1.93. The van der Waals surface area contributed by atoms with Crippen LogP contribution in [0.1, 0.15) is 56.6 Å². The van der Waals surface area contributed by atoms with Gasteiger partial charge in [0.15, 0.2) is 11.2 Å². The normalized spacial score (nSPS) is 12.5. The van der Waals surface area contributed by atoms with Crippen molar-refractivity contribution in [3.63, 3.8) is 0 Å². The fourth-order valence-electron chi connectivity index (χ4n) is 6.11. The molecule has 0 radical (unpaired) electrons. The Morgan fingerprint density at radius 3 is 1.98 bits per heavy atom. The van der Waals surface area contributed by atoms with Gasteiger partial charge in [-0.3, -0.25) is 4.79 Å². The number of nitrogens with zero attached hydrogens (tertiary/aromatic N) is 5. The molecule has 1 atom stereocenters. The quantitative estimate of drug-likeness (QED) is 0.0578. The maximum absolute atomic E-state index is 13.0. The van der Waals surface area contributed by atoms with E-state index in [1.165, 1.54) is 6.33 Å². The lowest BCUT2D eigenvalue weighted by Crippen LogP contribution is -2.34. The van der Waals surface area contributed by atoms with E-state index in [0.717, 1.165) is 16.7 Å². The van der Waals surface area contributed by atoms with Crippen LogP contribution in [-0.4, -0.2) is 63.7 Å². The number of aromatic amines is 1. The van der Waals surface area contributed by atoms with Crippen molar-refractivity contribution in [1.29, 1.82) is 5.26 Å². The van der Waals surface area contributed by atoms with Crippen LogP contribution in [0.4, 0.5) is 0 Å². The fraction of sp³-hybridized carbons (Fsp3) is 0.368. The monoisotopic (exact) mass is 712 g/mol. The summed E-state index contributed by atoms with van der Waals surface area (Å²) in [6.07, 6.45) is 1.63. The van der Waals surface area contributed by atoms with Gasteiger partial charge in [-0.05, 0) is 68.7 Å². The minimum Gasteiger partial charge on any atom is -0.497 e. The van der Waals surface area contributed by atoms with Crippen molar-refractivity contribution in [3.8, 4) is 17.6 Å². The Kier molecular flexibility index (Phi) is 12.9. The van der Waals surface area contributed by atoms with E-state index in [1.807, 2.05) is 83.4 Å². The molecule has 2 aromatic heterocycles. The van der Waals surface area contributed by atoms with Crippen molar-refractivity contribution < 1.29 is 23.3 Å². The van der Waals surface area contributed by atoms with Crippen molar-refractivity contribution in [2.75, 3.05) is 27.4 Å². The number of imidazole rings is 1. The third kappa shape index (κ3) is 8.47. The van der Waals surface area contributed by atoms with E-state index in [0.29, 0.717) is 29.5 Å². The summed E-state index contributed by atoms with van der Waals surface area (Å²) >= 11 is 0. The molecule has 2 heterocycles. The van der Waals surface area contributed by atoms with Gasteiger partial charge in [-0.1, -0.05) is 54.6 Å². The van der Waals surface area contributed by atoms with Crippen LogP contribution in [0, 0.1) is 11.3 Å². The number of nitrogens with one attached hydrogen (secondary N) is 1. The minimum atomic E-state index is -1.47. The number of hydrogen-bond acceptors (Lipinski definition) is 10. The van der Waals surface area contributed by atoms with Crippen molar-refractivity contribution in [1.82, 2.24) is 24.2 Å². The van der Waals surface area contributed by atoms with Crippen LogP contribution in [0.25, 0.3) is 11.2 Å². The van der Waals surface area contributed by atoms with E-state index >= 15 is 0 Å². The Bertz CT molecular complexity index is 1890. The molecule has 5 aromatic rings. The molecule has 0 saturated carbocycles. The van der Waals surface area contributed by atoms with Gasteiger partial charge in [0.25, 0.3) is 14.1 Å². The topological polar surface area (TPSA) is 137 Å². The maximum Gasteiger partial charge on any atom is 0.278 e. The Balaban J connectivity index is 1.55. The second-order valence-corrected chi connectivity index (χ2v) is 13.7. The Labute approximate surface area is 299 Å². The Morgan fingerprint density at radius 1 is 0.863 bits per heavy atom. The summed E-state index contributed by atoms with van der Waals surface area (Å²) in [7, 11) is 1.79. The number of hydrogen-bond donors (Lipinski definition) is 1. The third-order valence-electron chi connectivity index (χ3n) is 8.39. The molecule has 1 unspecified atom stereocenters.